The van der Waals surface area contributed by atoms with Crippen LogP contribution >= 0.6 is 11.8 Å². The Balaban J connectivity index is 4.04. The van der Waals surface area contributed by atoms with Crippen LogP contribution in [0.2, 0.25) is 0 Å². The Morgan fingerprint density at radius 1 is 1.11 bits per heavy atom. The number of carboxylic acids is 2. The van der Waals surface area contributed by atoms with Crippen LogP contribution in [0.25, 0.3) is 0 Å². The SMILES string of the molecule is CSCCCCNC(=O)N(CC(=O)O)CC(=O)O. The summed E-state index contributed by atoms with van der Waals surface area (Å²) in [5, 5.41) is 19.6. The summed E-state index contributed by atoms with van der Waals surface area (Å²) in [6.07, 6.45) is 3.71. The van der Waals surface area contributed by atoms with Gasteiger partial charge in [0.1, 0.15) is 13.1 Å². The van der Waals surface area contributed by atoms with Crippen LogP contribution in [0.3, 0.4) is 0 Å². The van der Waals surface area contributed by atoms with Gasteiger partial charge in [-0.3, -0.25) is 9.59 Å². The van der Waals surface area contributed by atoms with Gasteiger partial charge in [-0.25, -0.2) is 4.79 Å². The van der Waals surface area contributed by atoms with E-state index in [0.717, 1.165) is 23.5 Å². The van der Waals surface area contributed by atoms with Crippen molar-refractivity contribution in [3.63, 3.8) is 0 Å². The molecule has 0 radical (unpaired) electrons. The summed E-state index contributed by atoms with van der Waals surface area (Å²) in [6, 6.07) is -0.663. The van der Waals surface area contributed by atoms with Gasteiger partial charge in [0.05, 0.1) is 0 Å². The predicted molar refractivity (Wildman–Crippen MR) is 67.9 cm³/mol. The second kappa shape index (κ2) is 9.58. The second-order valence-corrected chi connectivity index (χ2v) is 4.56. The van der Waals surface area contributed by atoms with E-state index in [0.29, 0.717) is 6.54 Å². The molecule has 0 aliphatic heterocycles. The molecule has 3 N–H and O–H groups in total. The molecule has 0 fully saturated rings. The quantitative estimate of drug-likeness (QED) is 0.524. The van der Waals surface area contributed by atoms with Gasteiger partial charge in [-0.1, -0.05) is 0 Å². The third-order valence-corrected chi connectivity index (χ3v) is 2.69. The monoisotopic (exact) mass is 278 g/mol. The van der Waals surface area contributed by atoms with Crippen LogP contribution < -0.4 is 5.32 Å². The van der Waals surface area contributed by atoms with Gasteiger partial charge in [0.15, 0.2) is 0 Å². The highest BCUT2D eigenvalue weighted by molar-refractivity contribution is 7.98. The second-order valence-electron chi connectivity index (χ2n) is 3.58. The van der Waals surface area contributed by atoms with E-state index in [2.05, 4.69) is 5.32 Å². The average Bonchev–Trinajstić information content (AvgIpc) is 2.26. The summed E-state index contributed by atoms with van der Waals surface area (Å²) in [6.45, 7) is -0.832. The molecule has 0 saturated carbocycles. The van der Waals surface area contributed by atoms with Crippen molar-refractivity contribution in [2.75, 3.05) is 31.6 Å². The van der Waals surface area contributed by atoms with Gasteiger partial charge in [0, 0.05) is 6.54 Å². The Bertz CT molecular complexity index is 282. The Morgan fingerprint density at radius 3 is 2.11 bits per heavy atom. The molecule has 0 aliphatic carbocycles. The summed E-state index contributed by atoms with van der Waals surface area (Å²) in [4.78, 5) is 33.3. The minimum atomic E-state index is -1.24. The molecule has 0 aromatic carbocycles. The standard InChI is InChI=1S/C10H18N2O5S/c1-18-5-3-2-4-11-10(17)12(6-8(13)14)7-9(15)16/h2-7H2,1H3,(H,11,17)(H,13,14)(H,15,16). The van der Waals surface area contributed by atoms with Crippen molar-refractivity contribution in [1.29, 1.82) is 0 Å². The van der Waals surface area contributed by atoms with Crippen LogP contribution in [0.1, 0.15) is 12.8 Å². The topological polar surface area (TPSA) is 107 Å². The molecule has 0 bridgehead atoms. The number of aliphatic carboxylic acids is 2. The Labute approximate surface area is 110 Å². The number of nitrogens with zero attached hydrogens (tertiary/aromatic N) is 1. The molecular formula is C10H18N2O5S. The number of hydrogen-bond donors (Lipinski definition) is 3. The lowest BCUT2D eigenvalue weighted by Gasteiger charge is -2.18. The highest BCUT2D eigenvalue weighted by Crippen LogP contribution is 1.98. The zero-order valence-electron chi connectivity index (χ0n) is 10.2. The van der Waals surface area contributed by atoms with E-state index in [4.69, 9.17) is 10.2 Å². The maximum atomic E-state index is 11.5. The van der Waals surface area contributed by atoms with Crippen molar-refractivity contribution < 1.29 is 24.6 Å². The molecule has 0 heterocycles. The normalized spacial score (nSPS) is 9.83. The fraction of sp³-hybridized carbons (Fsp3) is 0.700. The lowest BCUT2D eigenvalue weighted by Crippen LogP contribution is -2.45. The first-order valence-corrected chi connectivity index (χ1v) is 6.82. The molecule has 0 spiro atoms. The third-order valence-electron chi connectivity index (χ3n) is 1.99. The number of hydrogen-bond acceptors (Lipinski definition) is 4. The predicted octanol–water partition coefficient (Wildman–Crippen LogP) is 0.310. The fourth-order valence-electron chi connectivity index (χ4n) is 1.20. The van der Waals surface area contributed by atoms with Crippen molar-refractivity contribution in [2.45, 2.75) is 12.8 Å². The van der Waals surface area contributed by atoms with Crippen molar-refractivity contribution in [1.82, 2.24) is 10.2 Å². The number of thioether (sulfide) groups is 1. The summed E-state index contributed by atoms with van der Waals surface area (Å²) in [5.41, 5.74) is 0. The molecular weight excluding hydrogens is 260 g/mol. The smallest absolute Gasteiger partial charge is 0.323 e. The highest BCUT2D eigenvalue weighted by Gasteiger charge is 2.18. The highest BCUT2D eigenvalue weighted by atomic mass is 32.2. The van der Waals surface area contributed by atoms with Gasteiger partial charge in [-0.2, -0.15) is 11.8 Å². The van der Waals surface area contributed by atoms with Crippen LogP contribution in [0.15, 0.2) is 0 Å². The van der Waals surface area contributed by atoms with Crippen LogP contribution in [0.5, 0.6) is 0 Å². The molecule has 8 heteroatoms. The molecule has 0 aliphatic rings. The molecule has 0 atom stereocenters. The largest absolute Gasteiger partial charge is 0.480 e. The van der Waals surface area contributed by atoms with Crippen molar-refractivity contribution in [3.8, 4) is 0 Å². The number of carbonyl (C=O) groups is 3. The number of rotatable bonds is 9. The Hall–Kier alpha value is -1.44. The lowest BCUT2D eigenvalue weighted by molar-refractivity contribution is -0.140. The molecule has 7 nitrogen and oxygen atoms in total. The Kier molecular flexibility index (Phi) is 8.81. The van der Waals surface area contributed by atoms with Crippen molar-refractivity contribution in [2.24, 2.45) is 0 Å². The average molecular weight is 278 g/mol. The van der Waals surface area contributed by atoms with E-state index in [-0.39, 0.29) is 0 Å². The molecule has 18 heavy (non-hydrogen) atoms. The number of amides is 2. The van der Waals surface area contributed by atoms with Gasteiger partial charge in [-0.15, -0.1) is 0 Å². The minimum Gasteiger partial charge on any atom is -0.480 e. The van der Waals surface area contributed by atoms with Crippen molar-refractivity contribution in [3.05, 3.63) is 0 Å². The molecule has 0 aromatic heterocycles. The first-order valence-electron chi connectivity index (χ1n) is 5.42. The first-order chi connectivity index (χ1) is 8.47. The lowest BCUT2D eigenvalue weighted by atomic mass is 10.3. The minimum absolute atomic E-state index is 0.412. The van der Waals surface area contributed by atoms with Crippen LogP contribution in [-0.4, -0.2) is 64.7 Å². The van der Waals surface area contributed by atoms with Gasteiger partial charge in [0.25, 0.3) is 0 Å². The maximum Gasteiger partial charge on any atom is 0.323 e. The van der Waals surface area contributed by atoms with E-state index in [9.17, 15) is 14.4 Å². The van der Waals surface area contributed by atoms with E-state index in [1.54, 1.807) is 11.8 Å². The number of carbonyl (C=O) groups excluding carboxylic acids is 1. The van der Waals surface area contributed by atoms with Gasteiger partial charge >= 0.3 is 18.0 Å². The molecule has 0 saturated heterocycles. The van der Waals surface area contributed by atoms with Crippen LogP contribution in [0.4, 0.5) is 4.79 Å². The number of unbranched alkanes of at least 4 members (excludes halogenated alkanes) is 1. The third kappa shape index (κ3) is 8.68. The van der Waals surface area contributed by atoms with Gasteiger partial charge in [-0.05, 0) is 24.9 Å². The van der Waals surface area contributed by atoms with Crippen LogP contribution in [0, 0.1) is 0 Å². The van der Waals surface area contributed by atoms with E-state index >= 15 is 0 Å². The zero-order chi connectivity index (χ0) is 14.0. The van der Waals surface area contributed by atoms with E-state index < -0.39 is 31.1 Å². The van der Waals surface area contributed by atoms with Gasteiger partial charge in [0.2, 0.25) is 0 Å². The van der Waals surface area contributed by atoms with Gasteiger partial charge < -0.3 is 20.4 Å². The number of urea groups is 1. The molecule has 0 rings (SSSR count). The first kappa shape index (κ1) is 16.6. The van der Waals surface area contributed by atoms with Crippen molar-refractivity contribution >= 4 is 29.7 Å². The Morgan fingerprint density at radius 2 is 1.67 bits per heavy atom. The maximum absolute atomic E-state index is 11.5. The van der Waals surface area contributed by atoms with E-state index in [1.165, 1.54) is 0 Å². The zero-order valence-corrected chi connectivity index (χ0v) is 11.0. The summed E-state index contributed by atoms with van der Waals surface area (Å²) >= 11 is 1.71. The summed E-state index contributed by atoms with van der Waals surface area (Å²) < 4.78 is 0. The number of nitrogens with one attached hydrogen (secondary N) is 1. The molecule has 0 unspecified atom stereocenters. The summed E-state index contributed by atoms with van der Waals surface area (Å²) in [7, 11) is 0. The van der Waals surface area contributed by atoms with Crippen LogP contribution in [-0.2, 0) is 9.59 Å². The summed E-state index contributed by atoms with van der Waals surface area (Å²) in [5.74, 6) is -1.49. The van der Waals surface area contributed by atoms with E-state index in [1.807, 2.05) is 6.26 Å². The molecule has 104 valence electrons. The fourth-order valence-corrected chi connectivity index (χ4v) is 1.70. The number of carboxylic acid groups (broad SMARTS) is 2. The molecule has 0 aromatic rings. The molecule has 2 amide bonds.